The molecular formula is C18H26FNO2S. The van der Waals surface area contributed by atoms with E-state index in [2.05, 4.69) is 5.32 Å². The van der Waals surface area contributed by atoms with Gasteiger partial charge in [-0.3, -0.25) is 4.79 Å². The maximum absolute atomic E-state index is 12.9. The highest BCUT2D eigenvalue weighted by Crippen LogP contribution is 2.27. The molecule has 0 spiro atoms. The highest BCUT2D eigenvalue weighted by Gasteiger charge is 2.18. The lowest BCUT2D eigenvalue weighted by Gasteiger charge is -2.21. The molecule has 1 atom stereocenters. The minimum absolute atomic E-state index is 0.0962. The van der Waals surface area contributed by atoms with Crippen molar-refractivity contribution in [3.63, 3.8) is 0 Å². The number of nitrogens with one attached hydrogen (secondary N) is 1. The molecule has 0 radical (unpaired) electrons. The van der Waals surface area contributed by atoms with Gasteiger partial charge in [0.1, 0.15) is 11.6 Å². The van der Waals surface area contributed by atoms with E-state index >= 15 is 0 Å². The van der Waals surface area contributed by atoms with Crippen LogP contribution in [0.3, 0.4) is 0 Å². The zero-order valence-corrected chi connectivity index (χ0v) is 14.5. The molecule has 23 heavy (non-hydrogen) atoms. The molecule has 1 aromatic rings. The average molecular weight is 339 g/mol. The second-order valence-corrected chi connectivity index (χ2v) is 7.30. The Hall–Kier alpha value is -1.23. The molecule has 1 fully saturated rings. The number of hydrogen-bond acceptors (Lipinski definition) is 3. The molecule has 1 aromatic carbocycles. The summed E-state index contributed by atoms with van der Waals surface area (Å²) in [6.07, 6.45) is 6.72. The first-order valence-corrected chi connectivity index (χ1v) is 9.55. The third-order valence-electron chi connectivity index (χ3n) is 4.06. The third kappa shape index (κ3) is 6.42. The molecular weight excluding hydrogens is 313 g/mol. The summed E-state index contributed by atoms with van der Waals surface area (Å²) in [4.78, 5) is 12.2. The topological polar surface area (TPSA) is 38.3 Å². The summed E-state index contributed by atoms with van der Waals surface area (Å²) in [7, 11) is 0. The van der Waals surface area contributed by atoms with Crippen LogP contribution >= 0.6 is 11.8 Å². The molecule has 128 valence electrons. The standard InChI is InChI=1S/C18H26FNO2S/c1-2-17(22-15-10-8-14(19)9-11-15)18(21)20-12-13-23-16-6-4-3-5-7-16/h8-11,16-17H,2-7,12-13H2,1H3,(H,20,21)/t17-/m1/s1. The van der Waals surface area contributed by atoms with Crippen LogP contribution in [0.4, 0.5) is 4.39 Å². The molecule has 0 unspecified atom stereocenters. The maximum atomic E-state index is 12.9. The fourth-order valence-electron chi connectivity index (χ4n) is 2.75. The summed E-state index contributed by atoms with van der Waals surface area (Å²) in [5, 5.41) is 3.71. The molecule has 0 saturated heterocycles. The minimum Gasteiger partial charge on any atom is -0.481 e. The predicted octanol–water partition coefficient (Wildman–Crippen LogP) is 4.17. The summed E-state index contributed by atoms with van der Waals surface area (Å²) in [5.74, 6) is 1.06. The Bertz CT molecular complexity index is 474. The molecule has 0 aromatic heterocycles. The summed E-state index contributed by atoms with van der Waals surface area (Å²) < 4.78 is 18.5. The summed E-state index contributed by atoms with van der Waals surface area (Å²) in [5.41, 5.74) is 0. The van der Waals surface area contributed by atoms with Gasteiger partial charge < -0.3 is 10.1 Å². The summed E-state index contributed by atoms with van der Waals surface area (Å²) in [6.45, 7) is 2.58. The molecule has 3 nitrogen and oxygen atoms in total. The quantitative estimate of drug-likeness (QED) is 0.723. The molecule has 1 N–H and O–H groups in total. The fourth-order valence-corrected chi connectivity index (χ4v) is 3.97. The SMILES string of the molecule is CC[C@@H](Oc1ccc(F)cc1)C(=O)NCCSC1CCCCC1. The number of carbonyl (C=O) groups excluding carboxylic acids is 1. The second-order valence-electron chi connectivity index (χ2n) is 5.89. The highest BCUT2D eigenvalue weighted by molar-refractivity contribution is 7.99. The lowest BCUT2D eigenvalue weighted by Crippen LogP contribution is -2.39. The van der Waals surface area contributed by atoms with Crippen molar-refractivity contribution in [1.29, 1.82) is 0 Å². The maximum Gasteiger partial charge on any atom is 0.261 e. The fraction of sp³-hybridized carbons (Fsp3) is 0.611. The number of halogens is 1. The van der Waals surface area contributed by atoms with Gasteiger partial charge in [-0.05, 0) is 43.5 Å². The number of thioether (sulfide) groups is 1. The van der Waals surface area contributed by atoms with E-state index in [1.165, 1.54) is 44.2 Å². The number of hydrogen-bond donors (Lipinski definition) is 1. The van der Waals surface area contributed by atoms with Crippen LogP contribution in [-0.2, 0) is 4.79 Å². The zero-order chi connectivity index (χ0) is 16.5. The Labute approximate surface area is 142 Å². The van der Waals surface area contributed by atoms with Crippen molar-refractivity contribution in [1.82, 2.24) is 5.32 Å². The van der Waals surface area contributed by atoms with E-state index in [1.54, 1.807) is 12.1 Å². The van der Waals surface area contributed by atoms with E-state index < -0.39 is 6.10 Å². The normalized spacial score (nSPS) is 16.8. The van der Waals surface area contributed by atoms with Crippen molar-refractivity contribution in [3.05, 3.63) is 30.1 Å². The molecule has 5 heteroatoms. The van der Waals surface area contributed by atoms with Crippen molar-refractivity contribution < 1.29 is 13.9 Å². The largest absolute Gasteiger partial charge is 0.481 e. The van der Waals surface area contributed by atoms with Gasteiger partial charge >= 0.3 is 0 Å². The Kier molecular flexibility index (Phi) is 7.72. The summed E-state index contributed by atoms with van der Waals surface area (Å²) in [6, 6.07) is 5.76. The molecule has 1 aliphatic rings. The number of ether oxygens (including phenoxy) is 1. The van der Waals surface area contributed by atoms with Crippen molar-refractivity contribution in [2.24, 2.45) is 0 Å². The molecule has 0 bridgehead atoms. The van der Waals surface area contributed by atoms with Gasteiger partial charge in [-0.2, -0.15) is 11.8 Å². The van der Waals surface area contributed by atoms with Crippen molar-refractivity contribution in [3.8, 4) is 5.75 Å². The predicted molar refractivity (Wildman–Crippen MR) is 93.4 cm³/mol. The van der Waals surface area contributed by atoms with Crippen molar-refractivity contribution >= 4 is 17.7 Å². The van der Waals surface area contributed by atoms with E-state index in [0.29, 0.717) is 18.7 Å². The van der Waals surface area contributed by atoms with Crippen molar-refractivity contribution in [2.75, 3.05) is 12.3 Å². The third-order valence-corrected chi connectivity index (χ3v) is 5.44. The first-order chi connectivity index (χ1) is 11.2. The van der Waals surface area contributed by atoms with Crippen molar-refractivity contribution in [2.45, 2.75) is 56.8 Å². The molecule has 0 aliphatic heterocycles. The molecule has 2 rings (SSSR count). The van der Waals surface area contributed by atoms with Gasteiger partial charge in [0.25, 0.3) is 5.91 Å². The van der Waals surface area contributed by atoms with Crippen LogP contribution < -0.4 is 10.1 Å². The molecule has 1 saturated carbocycles. The Morgan fingerprint density at radius 1 is 1.30 bits per heavy atom. The van der Waals surface area contributed by atoms with Gasteiger partial charge in [-0.1, -0.05) is 26.2 Å². The van der Waals surface area contributed by atoms with Gasteiger partial charge in [0.2, 0.25) is 0 Å². The minimum atomic E-state index is -0.528. The number of rotatable bonds is 8. The van der Waals surface area contributed by atoms with Gasteiger partial charge in [-0.15, -0.1) is 0 Å². The van der Waals surface area contributed by atoms with Crippen LogP contribution in [0.15, 0.2) is 24.3 Å². The first-order valence-electron chi connectivity index (χ1n) is 8.50. The average Bonchev–Trinajstić information content (AvgIpc) is 2.59. The Morgan fingerprint density at radius 3 is 2.65 bits per heavy atom. The van der Waals surface area contributed by atoms with Crippen LogP contribution in [-0.4, -0.2) is 29.6 Å². The lowest BCUT2D eigenvalue weighted by atomic mass is 10.0. The highest BCUT2D eigenvalue weighted by atomic mass is 32.2. The van der Waals surface area contributed by atoms with Crippen LogP contribution in [0.1, 0.15) is 45.4 Å². The number of amides is 1. The smallest absolute Gasteiger partial charge is 0.261 e. The van der Waals surface area contributed by atoms with Crippen LogP contribution in [0, 0.1) is 5.82 Å². The van der Waals surface area contributed by atoms with E-state index in [0.717, 1.165) is 11.0 Å². The van der Waals surface area contributed by atoms with Gasteiger partial charge in [0.05, 0.1) is 0 Å². The van der Waals surface area contributed by atoms with Crippen LogP contribution in [0.5, 0.6) is 5.75 Å². The Balaban J connectivity index is 1.68. The summed E-state index contributed by atoms with van der Waals surface area (Å²) >= 11 is 1.97. The van der Waals surface area contributed by atoms with Crippen LogP contribution in [0.25, 0.3) is 0 Å². The van der Waals surface area contributed by atoms with E-state index in [4.69, 9.17) is 4.74 Å². The van der Waals surface area contributed by atoms with Gasteiger partial charge in [0, 0.05) is 17.5 Å². The van der Waals surface area contributed by atoms with Gasteiger partial charge in [0.15, 0.2) is 6.10 Å². The molecule has 0 heterocycles. The number of carbonyl (C=O) groups is 1. The lowest BCUT2D eigenvalue weighted by molar-refractivity contribution is -0.127. The van der Waals surface area contributed by atoms with E-state index in [-0.39, 0.29) is 11.7 Å². The molecule has 1 amide bonds. The molecule has 1 aliphatic carbocycles. The van der Waals surface area contributed by atoms with Gasteiger partial charge in [-0.25, -0.2) is 4.39 Å². The number of benzene rings is 1. The zero-order valence-electron chi connectivity index (χ0n) is 13.7. The Morgan fingerprint density at radius 2 is 2.00 bits per heavy atom. The van der Waals surface area contributed by atoms with Crippen LogP contribution in [0.2, 0.25) is 0 Å². The van der Waals surface area contributed by atoms with E-state index in [9.17, 15) is 9.18 Å². The monoisotopic (exact) mass is 339 g/mol. The first kappa shape index (κ1) is 18.1. The van der Waals surface area contributed by atoms with E-state index in [1.807, 2.05) is 18.7 Å². The second kappa shape index (κ2) is 9.81.